The molecule has 16 heavy (non-hydrogen) atoms. The van der Waals surface area contributed by atoms with Crippen molar-refractivity contribution < 1.29 is 14.1 Å². The number of halogens is 1. The highest BCUT2D eigenvalue weighted by atomic mass is 19.1. The standard InChI is InChI=1S/C10H11FN2O3/c1-6(2)10(14)12-7-3-4-8(11)9(5-7)13(15)16/h3-6H,1-2H3,(H,12,14). The van der Waals surface area contributed by atoms with Gasteiger partial charge in [0.2, 0.25) is 11.7 Å². The van der Waals surface area contributed by atoms with Gasteiger partial charge in [0, 0.05) is 17.7 Å². The van der Waals surface area contributed by atoms with Gasteiger partial charge in [-0.05, 0) is 12.1 Å². The second kappa shape index (κ2) is 4.69. The summed E-state index contributed by atoms with van der Waals surface area (Å²) >= 11 is 0. The third-order valence-electron chi connectivity index (χ3n) is 1.93. The highest BCUT2D eigenvalue weighted by Gasteiger charge is 2.15. The van der Waals surface area contributed by atoms with E-state index in [1.165, 1.54) is 6.07 Å². The molecule has 86 valence electrons. The first-order valence-corrected chi connectivity index (χ1v) is 4.66. The van der Waals surface area contributed by atoms with Crippen LogP contribution in [0.5, 0.6) is 0 Å². The topological polar surface area (TPSA) is 72.2 Å². The van der Waals surface area contributed by atoms with Crippen LogP contribution in [0.15, 0.2) is 18.2 Å². The molecule has 1 amide bonds. The number of anilines is 1. The number of rotatable bonds is 3. The van der Waals surface area contributed by atoms with Crippen LogP contribution in [0.3, 0.4) is 0 Å². The van der Waals surface area contributed by atoms with Crippen LogP contribution in [0.2, 0.25) is 0 Å². The average Bonchev–Trinajstić information content (AvgIpc) is 2.20. The molecule has 1 N–H and O–H groups in total. The van der Waals surface area contributed by atoms with Gasteiger partial charge >= 0.3 is 5.69 Å². The van der Waals surface area contributed by atoms with E-state index >= 15 is 0 Å². The molecule has 0 spiro atoms. The summed E-state index contributed by atoms with van der Waals surface area (Å²) in [4.78, 5) is 20.9. The molecule has 0 aromatic heterocycles. The van der Waals surface area contributed by atoms with E-state index in [-0.39, 0.29) is 17.5 Å². The Morgan fingerprint density at radius 1 is 1.50 bits per heavy atom. The molecule has 0 aliphatic heterocycles. The van der Waals surface area contributed by atoms with Gasteiger partial charge in [-0.1, -0.05) is 13.8 Å². The lowest BCUT2D eigenvalue weighted by atomic mass is 10.2. The number of nitro benzene ring substituents is 1. The summed E-state index contributed by atoms with van der Waals surface area (Å²) in [6, 6.07) is 3.23. The highest BCUT2D eigenvalue weighted by molar-refractivity contribution is 5.92. The van der Waals surface area contributed by atoms with Crippen LogP contribution < -0.4 is 5.32 Å². The van der Waals surface area contributed by atoms with E-state index in [2.05, 4.69) is 5.32 Å². The van der Waals surface area contributed by atoms with E-state index in [9.17, 15) is 19.3 Å². The van der Waals surface area contributed by atoms with Crippen molar-refractivity contribution in [1.82, 2.24) is 0 Å². The number of nitrogens with zero attached hydrogens (tertiary/aromatic N) is 1. The summed E-state index contributed by atoms with van der Waals surface area (Å²) in [5.41, 5.74) is -0.437. The van der Waals surface area contributed by atoms with Gasteiger partial charge in [-0.15, -0.1) is 0 Å². The van der Waals surface area contributed by atoms with Gasteiger partial charge in [0.1, 0.15) is 0 Å². The molecule has 5 nitrogen and oxygen atoms in total. The zero-order valence-electron chi connectivity index (χ0n) is 8.86. The van der Waals surface area contributed by atoms with E-state index in [4.69, 9.17) is 0 Å². The van der Waals surface area contributed by atoms with Crippen LogP contribution >= 0.6 is 0 Å². The fraction of sp³-hybridized carbons (Fsp3) is 0.300. The summed E-state index contributed by atoms with van der Waals surface area (Å²) < 4.78 is 13.0. The van der Waals surface area contributed by atoms with Crippen LogP contribution in [-0.2, 0) is 4.79 Å². The van der Waals surface area contributed by atoms with Crippen molar-refractivity contribution in [2.24, 2.45) is 5.92 Å². The number of benzene rings is 1. The average molecular weight is 226 g/mol. The molecular weight excluding hydrogens is 215 g/mol. The molecule has 0 radical (unpaired) electrons. The normalized spacial score (nSPS) is 10.2. The monoisotopic (exact) mass is 226 g/mol. The fourth-order valence-corrected chi connectivity index (χ4v) is 1.02. The Labute approximate surface area is 91.4 Å². The van der Waals surface area contributed by atoms with Crippen LogP contribution in [0.4, 0.5) is 15.8 Å². The molecule has 1 aromatic carbocycles. The number of hydrogen-bond donors (Lipinski definition) is 1. The largest absolute Gasteiger partial charge is 0.326 e. The van der Waals surface area contributed by atoms with Crippen LogP contribution in [0.1, 0.15) is 13.8 Å². The SMILES string of the molecule is CC(C)C(=O)Nc1ccc(F)c([N+](=O)[O-])c1. The Hall–Kier alpha value is -1.98. The van der Waals surface area contributed by atoms with Gasteiger partial charge in [0.05, 0.1) is 4.92 Å². The predicted molar refractivity (Wildman–Crippen MR) is 56.5 cm³/mol. The molecule has 0 saturated carbocycles. The Morgan fingerprint density at radius 2 is 2.12 bits per heavy atom. The Morgan fingerprint density at radius 3 is 2.62 bits per heavy atom. The van der Waals surface area contributed by atoms with Gasteiger partial charge in [0.15, 0.2) is 0 Å². The zero-order valence-corrected chi connectivity index (χ0v) is 8.86. The lowest BCUT2D eigenvalue weighted by molar-refractivity contribution is -0.387. The van der Waals surface area contributed by atoms with Gasteiger partial charge in [-0.3, -0.25) is 14.9 Å². The van der Waals surface area contributed by atoms with Crippen molar-refractivity contribution in [3.05, 3.63) is 34.1 Å². The Balaban J connectivity index is 2.95. The predicted octanol–water partition coefficient (Wildman–Crippen LogP) is 2.33. The minimum atomic E-state index is -0.924. The molecule has 1 aromatic rings. The van der Waals surface area contributed by atoms with Crippen LogP contribution in [0.25, 0.3) is 0 Å². The number of nitro groups is 1. The molecule has 1 rings (SSSR count). The number of nitrogens with one attached hydrogen (secondary N) is 1. The lowest BCUT2D eigenvalue weighted by Gasteiger charge is -2.07. The van der Waals surface area contributed by atoms with E-state index in [0.29, 0.717) is 0 Å². The second-order valence-electron chi connectivity index (χ2n) is 3.57. The molecular formula is C10H11FN2O3. The smallest absolute Gasteiger partial charge is 0.306 e. The van der Waals surface area contributed by atoms with Crippen molar-refractivity contribution in [2.75, 3.05) is 5.32 Å². The minimum Gasteiger partial charge on any atom is -0.326 e. The minimum absolute atomic E-state index is 0.215. The quantitative estimate of drug-likeness (QED) is 0.635. The Kier molecular flexibility index (Phi) is 3.55. The molecule has 6 heteroatoms. The molecule has 0 aliphatic carbocycles. The van der Waals surface area contributed by atoms with E-state index in [0.717, 1.165) is 12.1 Å². The first-order chi connectivity index (χ1) is 7.41. The molecule has 0 saturated heterocycles. The highest BCUT2D eigenvalue weighted by Crippen LogP contribution is 2.21. The molecule has 0 heterocycles. The third kappa shape index (κ3) is 2.75. The second-order valence-corrected chi connectivity index (χ2v) is 3.57. The first kappa shape index (κ1) is 12.1. The van der Waals surface area contributed by atoms with E-state index < -0.39 is 16.4 Å². The van der Waals surface area contributed by atoms with Crippen molar-refractivity contribution in [1.29, 1.82) is 0 Å². The third-order valence-corrected chi connectivity index (χ3v) is 1.93. The maximum atomic E-state index is 13.0. The van der Waals surface area contributed by atoms with Gasteiger partial charge < -0.3 is 5.32 Å². The maximum Gasteiger partial charge on any atom is 0.306 e. The molecule has 0 unspecified atom stereocenters. The van der Waals surface area contributed by atoms with E-state index in [1.807, 2.05) is 0 Å². The molecule has 0 aliphatic rings. The van der Waals surface area contributed by atoms with E-state index in [1.54, 1.807) is 13.8 Å². The molecule has 0 atom stereocenters. The van der Waals surface area contributed by atoms with Crippen molar-refractivity contribution in [2.45, 2.75) is 13.8 Å². The van der Waals surface area contributed by atoms with Gasteiger partial charge in [-0.2, -0.15) is 4.39 Å². The Bertz CT molecular complexity index is 432. The first-order valence-electron chi connectivity index (χ1n) is 4.66. The maximum absolute atomic E-state index is 13.0. The van der Waals surface area contributed by atoms with Gasteiger partial charge in [0.25, 0.3) is 0 Å². The summed E-state index contributed by atoms with van der Waals surface area (Å²) in [7, 11) is 0. The summed E-state index contributed by atoms with van der Waals surface area (Å²) in [6.07, 6.45) is 0. The number of carbonyl (C=O) groups is 1. The van der Waals surface area contributed by atoms with Crippen LogP contribution in [-0.4, -0.2) is 10.8 Å². The summed E-state index contributed by atoms with van der Waals surface area (Å²) in [6.45, 7) is 3.38. The van der Waals surface area contributed by atoms with Crippen molar-refractivity contribution in [3.8, 4) is 0 Å². The summed E-state index contributed by atoms with van der Waals surface area (Å²) in [5, 5.41) is 12.9. The zero-order chi connectivity index (χ0) is 12.3. The number of hydrogen-bond acceptors (Lipinski definition) is 3. The molecule has 0 fully saturated rings. The lowest BCUT2D eigenvalue weighted by Crippen LogP contribution is -2.17. The van der Waals surface area contributed by atoms with Crippen molar-refractivity contribution in [3.63, 3.8) is 0 Å². The molecule has 0 bridgehead atoms. The number of amides is 1. The van der Waals surface area contributed by atoms with Crippen molar-refractivity contribution >= 4 is 17.3 Å². The van der Waals surface area contributed by atoms with Gasteiger partial charge in [-0.25, -0.2) is 0 Å². The fourth-order valence-electron chi connectivity index (χ4n) is 1.02. The number of carbonyl (C=O) groups excluding carboxylic acids is 1. The summed E-state index contributed by atoms with van der Waals surface area (Å²) in [5.74, 6) is -1.45. The van der Waals surface area contributed by atoms with Crippen LogP contribution in [0, 0.1) is 21.8 Å².